The van der Waals surface area contributed by atoms with Crippen LogP contribution < -0.4 is 16.2 Å². The van der Waals surface area contributed by atoms with Gasteiger partial charge in [0.1, 0.15) is 17.5 Å². The first-order chi connectivity index (χ1) is 8.24. The zero-order valence-corrected chi connectivity index (χ0v) is 11.0. The zero-order chi connectivity index (χ0) is 12.7. The molecule has 0 aliphatic carbocycles. The van der Waals surface area contributed by atoms with Crippen molar-refractivity contribution in [2.45, 2.75) is 40.0 Å². The SMILES string of the molecule is CCCc1nc(NN)cc(N(CC)CCC)n1. The molecule has 0 bridgehead atoms. The summed E-state index contributed by atoms with van der Waals surface area (Å²) in [4.78, 5) is 11.2. The monoisotopic (exact) mass is 237 g/mol. The van der Waals surface area contributed by atoms with Crippen molar-refractivity contribution in [1.82, 2.24) is 9.97 Å². The Morgan fingerprint density at radius 3 is 2.53 bits per heavy atom. The van der Waals surface area contributed by atoms with Gasteiger partial charge in [0.05, 0.1) is 0 Å². The Balaban J connectivity index is 2.99. The molecule has 0 aromatic carbocycles. The summed E-state index contributed by atoms with van der Waals surface area (Å²) < 4.78 is 0. The van der Waals surface area contributed by atoms with Gasteiger partial charge >= 0.3 is 0 Å². The lowest BCUT2D eigenvalue weighted by atomic mass is 10.3. The predicted molar refractivity (Wildman–Crippen MR) is 72.0 cm³/mol. The molecule has 0 amide bonds. The van der Waals surface area contributed by atoms with Crippen LogP contribution in [0.15, 0.2) is 6.07 Å². The molecule has 0 aliphatic rings. The number of aromatic nitrogens is 2. The molecular weight excluding hydrogens is 214 g/mol. The van der Waals surface area contributed by atoms with Crippen LogP contribution in [0.5, 0.6) is 0 Å². The van der Waals surface area contributed by atoms with E-state index < -0.39 is 0 Å². The fraction of sp³-hybridized carbons (Fsp3) is 0.667. The second-order valence-corrected chi connectivity index (χ2v) is 4.00. The van der Waals surface area contributed by atoms with Crippen molar-refractivity contribution in [3.63, 3.8) is 0 Å². The number of hydrogen-bond acceptors (Lipinski definition) is 5. The maximum absolute atomic E-state index is 5.44. The van der Waals surface area contributed by atoms with Gasteiger partial charge in [-0.2, -0.15) is 0 Å². The molecule has 0 radical (unpaired) electrons. The van der Waals surface area contributed by atoms with Crippen LogP contribution in [0.25, 0.3) is 0 Å². The summed E-state index contributed by atoms with van der Waals surface area (Å²) in [5.41, 5.74) is 2.61. The van der Waals surface area contributed by atoms with Crippen molar-refractivity contribution in [2.75, 3.05) is 23.4 Å². The van der Waals surface area contributed by atoms with Crippen molar-refractivity contribution < 1.29 is 0 Å². The predicted octanol–water partition coefficient (Wildman–Crippen LogP) is 1.95. The summed E-state index contributed by atoms with van der Waals surface area (Å²) in [6, 6.07) is 1.90. The fourth-order valence-electron chi connectivity index (χ4n) is 1.76. The zero-order valence-electron chi connectivity index (χ0n) is 11.0. The van der Waals surface area contributed by atoms with Crippen LogP contribution in [-0.4, -0.2) is 23.1 Å². The summed E-state index contributed by atoms with van der Waals surface area (Å²) in [7, 11) is 0. The lowest BCUT2D eigenvalue weighted by Gasteiger charge is -2.22. The van der Waals surface area contributed by atoms with E-state index in [1.807, 2.05) is 6.07 Å². The minimum absolute atomic E-state index is 0.688. The topological polar surface area (TPSA) is 67.1 Å². The Labute approximate surface area is 103 Å². The van der Waals surface area contributed by atoms with E-state index in [9.17, 15) is 0 Å². The first-order valence-corrected chi connectivity index (χ1v) is 6.34. The molecule has 0 saturated carbocycles. The smallest absolute Gasteiger partial charge is 0.145 e. The van der Waals surface area contributed by atoms with E-state index in [2.05, 4.69) is 41.1 Å². The molecule has 0 atom stereocenters. The van der Waals surface area contributed by atoms with E-state index >= 15 is 0 Å². The second-order valence-electron chi connectivity index (χ2n) is 4.00. The van der Waals surface area contributed by atoms with Crippen molar-refractivity contribution in [3.05, 3.63) is 11.9 Å². The maximum atomic E-state index is 5.44. The normalized spacial score (nSPS) is 10.4. The summed E-state index contributed by atoms with van der Waals surface area (Å²) in [5, 5.41) is 0. The molecule has 0 spiro atoms. The minimum atomic E-state index is 0.688. The van der Waals surface area contributed by atoms with Gasteiger partial charge in [-0.25, -0.2) is 15.8 Å². The quantitative estimate of drug-likeness (QED) is 0.560. The Kier molecular flexibility index (Phi) is 5.69. The van der Waals surface area contributed by atoms with Crippen LogP contribution in [0, 0.1) is 0 Å². The Morgan fingerprint density at radius 2 is 2.00 bits per heavy atom. The van der Waals surface area contributed by atoms with E-state index in [4.69, 9.17) is 5.84 Å². The van der Waals surface area contributed by atoms with Gasteiger partial charge in [0.25, 0.3) is 0 Å². The molecule has 0 fully saturated rings. The Morgan fingerprint density at radius 1 is 1.24 bits per heavy atom. The van der Waals surface area contributed by atoms with Gasteiger partial charge in [-0.1, -0.05) is 13.8 Å². The first-order valence-electron chi connectivity index (χ1n) is 6.34. The highest BCUT2D eigenvalue weighted by Gasteiger charge is 2.09. The number of anilines is 2. The molecular formula is C12H23N5. The van der Waals surface area contributed by atoms with Gasteiger partial charge in [-0.05, 0) is 19.8 Å². The standard InChI is InChI=1S/C12H23N5/c1-4-7-10-14-11(16-13)9-12(15-10)17(6-3)8-5-2/h9H,4-8,13H2,1-3H3,(H,14,15,16). The molecule has 0 aliphatic heterocycles. The van der Waals surface area contributed by atoms with Crippen LogP contribution in [-0.2, 0) is 6.42 Å². The number of aryl methyl sites for hydroxylation is 1. The van der Waals surface area contributed by atoms with E-state index in [1.165, 1.54) is 0 Å². The highest BCUT2D eigenvalue weighted by Crippen LogP contribution is 2.16. The number of rotatable bonds is 7. The van der Waals surface area contributed by atoms with Gasteiger partial charge < -0.3 is 10.3 Å². The Hall–Kier alpha value is -1.36. The molecule has 3 N–H and O–H groups in total. The van der Waals surface area contributed by atoms with Gasteiger partial charge in [-0.3, -0.25) is 0 Å². The van der Waals surface area contributed by atoms with Crippen LogP contribution in [0.4, 0.5) is 11.6 Å². The molecule has 17 heavy (non-hydrogen) atoms. The maximum Gasteiger partial charge on any atom is 0.145 e. The van der Waals surface area contributed by atoms with Crippen LogP contribution in [0.1, 0.15) is 39.4 Å². The van der Waals surface area contributed by atoms with Gasteiger partial charge in [-0.15, -0.1) is 0 Å². The van der Waals surface area contributed by atoms with Crippen LogP contribution in [0.3, 0.4) is 0 Å². The minimum Gasteiger partial charge on any atom is -0.357 e. The number of nitrogens with two attached hydrogens (primary N) is 1. The van der Waals surface area contributed by atoms with Crippen LogP contribution >= 0.6 is 0 Å². The van der Waals surface area contributed by atoms with Crippen molar-refractivity contribution in [1.29, 1.82) is 0 Å². The third-order valence-electron chi connectivity index (χ3n) is 2.58. The van der Waals surface area contributed by atoms with Crippen LogP contribution in [0.2, 0.25) is 0 Å². The van der Waals surface area contributed by atoms with E-state index in [0.29, 0.717) is 5.82 Å². The number of nitrogens with zero attached hydrogens (tertiary/aromatic N) is 3. The largest absolute Gasteiger partial charge is 0.357 e. The fourth-order valence-corrected chi connectivity index (χ4v) is 1.76. The van der Waals surface area contributed by atoms with E-state index in [0.717, 1.165) is 44.0 Å². The Bertz CT molecular complexity index is 340. The van der Waals surface area contributed by atoms with Crippen molar-refractivity contribution in [2.24, 2.45) is 5.84 Å². The average molecular weight is 237 g/mol. The summed E-state index contributed by atoms with van der Waals surface area (Å²) in [6.07, 6.45) is 3.02. The summed E-state index contributed by atoms with van der Waals surface area (Å²) >= 11 is 0. The number of hydrogen-bond donors (Lipinski definition) is 2. The summed E-state index contributed by atoms with van der Waals surface area (Å²) in [5.74, 6) is 7.94. The first kappa shape index (κ1) is 13.7. The molecule has 96 valence electrons. The molecule has 0 saturated heterocycles. The number of hydrazine groups is 1. The van der Waals surface area contributed by atoms with Gasteiger partial charge in [0.2, 0.25) is 0 Å². The summed E-state index contributed by atoms with van der Waals surface area (Å²) in [6.45, 7) is 8.37. The highest BCUT2D eigenvalue weighted by atomic mass is 15.3. The van der Waals surface area contributed by atoms with E-state index in [-0.39, 0.29) is 0 Å². The van der Waals surface area contributed by atoms with E-state index in [1.54, 1.807) is 0 Å². The lowest BCUT2D eigenvalue weighted by Crippen LogP contribution is -2.25. The van der Waals surface area contributed by atoms with Gasteiger partial charge in [0.15, 0.2) is 0 Å². The number of nitrogen functional groups attached to an aromatic ring is 1. The lowest BCUT2D eigenvalue weighted by molar-refractivity contribution is 0.760. The molecule has 0 unspecified atom stereocenters. The molecule has 1 aromatic rings. The highest BCUT2D eigenvalue weighted by molar-refractivity contribution is 5.48. The third kappa shape index (κ3) is 3.85. The molecule has 1 aromatic heterocycles. The third-order valence-corrected chi connectivity index (χ3v) is 2.58. The van der Waals surface area contributed by atoms with Gasteiger partial charge in [0, 0.05) is 25.6 Å². The van der Waals surface area contributed by atoms with Crippen molar-refractivity contribution in [3.8, 4) is 0 Å². The second kappa shape index (κ2) is 7.06. The molecule has 5 heteroatoms. The van der Waals surface area contributed by atoms with Crippen molar-refractivity contribution >= 4 is 11.6 Å². The molecule has 5 nitrogen and oxygen atoms in total. The average Bonchev–Trinajstić information content (AvgIpc) is 2.35. The number of nitrogens with one attached hydrogen (secondary N) is 1. The molecule has 1 heterocycles. The molecule has 1 rings (SSSR count).